The Labute approximate surface area is 206 Å². The van der Waals surface area contributed by atoms with Crippen LogP contribution in [0.25, 0.3) is 0 Å². The van der Waals surface area contributed by atoms with Crippen molar-refractivity contribution < 1.29 is 71.3 Å². The maximum atomic E-state index is 12.6. The number of hydrogen-bond acceptors (Lipinski definition) is 12. The summed E-state index contributed by atoms with van der Waals surface area (Å²) in [6.07, 6.45) is 0. The van der Waals surface area contributed by atoms with Crippen LogP contribution >= 0.6 is 22.9 Å². The first-order valence-electron chi connectivity index (χ1n) is 7.65. The van der Waals surface area contributed by atoms with Crippen LogP contribution in [0.1, 0.15) is 5.69 Å². The van der Waals surface area contributed by atoms with Crippen molar-refractivity contribution in [2.45, 2.75) is 12.1 Å². The van der Waals surface area contributed by atoms with E-state index in [-0.39, 0.29) is 50.6 Å². The first-order valence-corrected chi connectivity index (χ1v) is 10.4. The molecule has 2 atom stereocenters. The fourth-order valence-electron chi connectivity index (χ4n) is 2.30. The molecule has 1 aliphatic heterocycles. The Morgan fingerprint density at radius 1 is 1.39 bits per heavy atom. The minimum atomic E-state index is -5.32. The van der Waals surface area contributed by atoms with Gasteiger partial charge in [-0.3, -0.25) is 14.4 Å². The number of carbonyl (C=O) groups excluding carboxylic acids is 4. The van der Waals surface area contributed by atoms with Crippen molar-refractivity contribution in [1.29, 1.82) is 0 Å². The second-order valence-electron chi connectivity index (χ2n) is 5.35. The molecule has 2 N–H and O–H groups in total. The van der Waals surface area contributed by atoms with Crippen LogP contribution < -0.4 is 40.2 Å². The van der Waals surface area contributed by atoms with Gasteiger partial charge in [0.1, 0.15) is 24.7 Å². The number of esters is 1. The largest absolute Gasteiger partial charge is 1.00 e. The van der Waals surface area contributed by atoms with E-state index in [1.165, 1.54) is 5.38 Å². The molecule has 18 heteroatoms. The molecule has 164 valence electrons. The Kier molecular flexibility index (Phi) is 9.80. The molecule has 0 aliphatic carbocycles. The van der Waals surface area contributed by atoms with Gasteiger partial charge in [-0.1, -0.05) is 5.16 Å². The van der Waals surface area contributed by atoms with E-state index < -0.39 is 51.8 Å². The number of methoxy groups -OCH3 is 1. The van der Waals surface area contributed by atoms with E-state index in [1.807, 2.05) is 0 Å². The number of anilines is 1. The molecule has 0 radical (unpaired) electrons. The number of oxime groups is 1. The number of nitrogens with one attached hydrogen (secondary N) is 2. The number of alkyl halides is 1. The van der Waals surface area contributed by atoms with E-state index in [0.29, 0.717) is 0 Å². The van der Waals surface area contributed by atoms with Gasteiger partial charge in [0, 0.05) is 5.38 Å². The monoisotopic (exact) mass is 505 g/mol. The Morgan fingerprint density at radius 3 is 2.55 bits per heavy atom. The molecule has 14 nitrogen and oxygen atoms in total. The summed E-state index contributed by atoms with van der Waals surface area (Å²) in [4.78, 5) is 56.2. The second-order valence-corrected chi connectivity index (χ2v) is 7.73. The van der Waals surface area contributed by atoms with E-state index in [2.05, 4.69) is 30.3 Å². The van der Waals surface area contributed by atoms with Crippen molar-refractivity contribution in [2.24, 2.45) is 5.16 Å². The number of thiazole rings is 1. The van der Waals surface area contributed by atoms with Gasteiger partial charge in [-0.2, -0.15) is 0 Å². The van der Waals surface area contributed by atoms with Crippen LogP contribution in [0.4, 0.5) is 5.13 Å². The normalized spacial score (nSPS) is 18.4. The molecule has 0 aromatic carbocycles. The van der Waals surface area contributed by atoms with Gasteiger partial charge in [0.2, 0.25) is 5.91 Å². The van der Waals surface area contributed by atoms with Gasteiger partial charge in [-0.25, -0.2) is 22.5 Å². The first kappa shape index (κ1) is 27.2. The van der Waals surface area contributed by atoms with Gasteiger partial charge in [-0.05, 0) is 0 Å². The molecule has 3 amide bonds. The SMILES string of the molecule is CON=C(C(=O)N[C@H]1C(=O)N(S(=O)(=O)[O-])[C@@H]1C(=O)OC)c1csc(NC(=O)CCl)n1.[Na+]. The van der Waals surface area contributed by atoms with E-state index >= 15 is 0 Å². The summed E-state index contributed by atoms with van der Waals surface area (Å²) in [5.41, 5.74) is -0.529. The van der Waals surface area contributed by atoms with Gasteiger partial charge < -0.3 is 24.8 Å². The number of hydrogen-bond donors (Lipinski definition) is 2. The standard InChI is InChI=1S/C13H14ClN5O9S2.Na/c1-27-12(23)9-8(11(22)19(9)30(24,25)26)17-10(21)7(18-28-2)5-4-29-13(15-5)16-6(20)3-14;/h4,8-9H,3H2,1-2H3,(H,17,21)(H,15,16,20)(H,24,25,26);/q;+1/p-1/t8-,9+;/m1./s1. The van der Waals surface area contributed by atoms with Crippen LogP contribution in [0.3, 0.4) is 0 Å². The Morgan fingerprint density at radius 2 is 2.03 bits per heavy atom. The summed E-state index contributed by atoms with van der Waals surface area (Å²) in [5, 5.41) is 9.35. The predicted octanol–water partition coefficient (Wildman–Crippen LogP) is -5.00. The molecule has 2 heterocycles. The molecule has 0 saturated carbocycles. The molecule has 31 heavy (non-hydrogen) atoms. The molecule has 0 spiro atoms. The molecule has 0 unspecified atom stereocenters. The van der Waals surface area contributed by atoms with Crippen LogP contribution in [0.2, 0.25) is 0 Å². The van der Waals surface area contributed by atoms with E-state index in [4.69, 9.17) is 11.6 Å². The van der Waals surface area contributed by atoms with Crippen LogP contribution in [-0.2, 0) is 39.1 Å². The second kappa shape index (κ2) is 11.2. The van der Waals surface area contributed by atoms with Gasteiger partial charge in [0.05, 0.1) is 7.11 Å². The van der Waals surface area contributed by atoms with Gasteiger partial charge in [-0.15, -0.1) is 22.9 Å². The smallest absolute Gasteiger partial charge is 0.731 e. The number of β-lactam (4-membered cyclic amide) rings is 1. The quantitative estimate of drug-likeness (QED) is 0.0656. The molecular formula is C13H13ClN5NaO9S2. The Bertz CT molecular complexity index is 1010. The zero-order valence-electron chi connectivity index (χ0n) is 16.1. The van der Waals surface area contributed by atoms with Gasteiger partial charge >= 0.3 is 35.5 Å². The molecule has 1 aromatic heterocycles. The molecule has 0 bridgehead atoms. The van der Waals surface area contributed by atoms with Crippen molar-refractivity contribution in [3.63, 3.8) is 0 Å². The van der Waals surface area contributed by atoms with Gasteiger partial charge in [0.15, 0.2) is 27.2 Å². The van der Waals surface area contributed by atoms with Gasteiger partial charge in [0.25, 0.3) is 11.8 Å². The fourth-order valence-corrected chi connectivity index (χ4v) is 3.90. The molecular weight excluding hydrogens is 493 g/mol. The number of ether oxygens (including phenoxy) is 1. The molecule has 1 saturated heterocycles. The van der Waals surface area contributed by atoms with E-state index in [1.54, 1.807) is 0 Å². The summed E-state index contributed by atoms with van der Waals surface area (Å²) in [6, 6.07) is -3.59. The number of carbonyl (C=O) groups is 4. The van der Waals surface area contributed by atoms with Crippen LogP contribution in [0.5, 0.6) is 0 Å². The average Bonchev–Trinajstić information content (AvgIpc) is 3.13. The average molecular weight is 506 g/mol. The Balaban J connectivity index is 0.00000480. The van der Waals surface area contributed by atoms with Crippen molar-refractivity contribution in [2.75, 3.05) is 25.4 Å². The molecule has 1 fully saturated rings. The summed E-state index contributed by atoms with van der Waals surface area (Å²) in [6.45, 7) is 0. The predicted molar refractivity (Wildman–Crippen MR) is 99.3 cm³/mol. The molecule has 1 aromatic rings. The fraction of sp³-hybridized carbons (Fsp3) is 0.385. The number of nitrogens with zero attached hydrogens (tertiary/aromatic N) is 3. The number of halogens is 1. The van der Waals surface area contributed by atoms with Crippen molar-refractivity contribution >= 4 is 67.8 Å². The maximum Gasteiger partial charge on any atom is 1.00 e. The zero-order chi connectivity index (χ0) is 22.6. The number of aromatic nitrogens is 1. The minimum absolute atomic E-state index is 0. The summed E-state index contributed by atoms with van der Waals surface area (Å²) >= 11 is 6.31. The number of amides is 3. The third-order valence-corrected chi connectivity index (χ3v) is 5.42. The third kappa shape index (κ3) is 6.12. The summed E-state index contributed by atoms with van der Waals surface area (Å²) in [7, 11) is -3.29. The first-order chi connectivity index (χ1) is 14.0. The molecule has 2 rings (SSSR count). The third-order valence-electron chi connectivity index (χ3n) is 3.53. The topological polar surface area (TPSA) is 196 Å². The van der Waals surface area contributed by atoms with Crippen LogP contribution in [-0.4, -0.2) is 83.8 Å². The van der Waals surface area contributed by atoms with Crippen LogP contribution in [0, 0.1) is 0 Å². The van der Waals surface area contributed by atoms with E-state index in [9.17, 15) is 32.1 Å². The zero-order valence-corrected chi connectivity index (χ0v) is 20.5. The van der Waals surface area contributed by atoms with Crippen LogP contribution in [0.15, 0.2) is 10.5 Å². The Hall–Kier alpha value is -1.82. The number of rotatable bonds is 8. The van der Waals surface area contributed by atoms with Crippen molar-refractivity contribution in [3.05, 3.63) is 11.1 Å². The maximum absolute atomic E-state index is 12.6. The van der Waals surface area contributed by atoms with Crippen molar-refractivity contribution in [3.8, 4) is 0 Å². The van der Waals surface area contributed by atoms with E-state index in [0.717, 1.165) is 25.6 Å². The molecule has 1 aliphatic rings. The summed E-state index contributed by atoms with van der Waals surface area (Å²) in [5.74, 6) is -4.52. The minimum Gasteiger partial charge on any atom is -0.731 e. The summed E-state index contributed by atoms with van der Waals surface area (Å²) < 4.78 is 37.7. The van der Waals surface area contributed by atoms with Crippen molar-refractivity contribution in [1.82, 2.24) is 14.6 Å².